The molecule has 43 heavy (non-hydrogen) atoms. The van der Waals surface area contributed by atoms with Gasteiger partial charge in [-0.15, -0.1) is 0 Å². The number of nitrogens with one attached hydrogen (secondary N) is 3. The SMILES string of the molecule is [2H]N1C=CC=CC1([2H])c1ccc(F)cc1F.[2H]N1C=CC=CC1([2H])c1ccc(F)cc1F.[2H]N1C=CC=CC1([2H])c1ccc(F)cc1F.[Ir]. The van der Waals surface area contributed by atoms with E-state index in [1.165, 1.54) is 55.0 Å². The van der Waals surface area contributed by atoms with E-state index in [9.17, 15) is 26.3 Å². The molecule has 3 nitrogen and oxygen atoms in total. The first kappa shape index (κ1) is 25.2. The standard InChI is InChI=1S/3C11H9F2N.Ir/c3*12-8-4-5-9(10(13)7-8)11-3-1-2-6-14-11;/h3*1-7,11,14H;/i3*11D;/hD3. The molecule has 1 radical (unpaired) electrons. The fourth-order valence-corrected chi connectivity index (χ4v) is 3.66. The van der Waals surface area contributed by atoms with Gasteiger partial charge in [-0.3, -0.25) is 0 Å². The molecule has 0 aromatic heterocycles. The minimum atomic E-state index is -1.65. The molecule has 3 N–H and O–H groups in total. The molecule has 3 aliphatic rings. The van der Waals surface area contributed by atoms with Gasteiger partial charge in [-0.05, 0) is 55.0 Å². The number of halogens is 6. The summed E-state index contributed by atoms with van der Waals surface area (Å²) < 4.78 is 126. The molecule has 0 saturated carbocycles. The number of allylic oxidation sites excluding steroid dienone is 6. The normalized spacial score (nSPS) is 26.8. The summed E-state index contributed by atoms with van der Waals surface area (Å²) in [5, 5.41) is 2.43. The van der Waals surface area contributed by atoms with Crippen molar-refractivity contribution in [3.8, 4) is 0 Å². The molecule has 3 unspecified atom stereocenters. The number of dihydropyridines is 3. The van der Waals surface area contributed by atoms with Crippen LogP contribution in [0.1, 0.15) is 38.9 Å². The third-order valence-corrected chi connectivity index (χ3v) is 5.62. The summed E-state index contributed by atoms with van der Waals surface area (Å²) in [6.45, 7) is 0. The molecule has 0 saturated heterocycles. The summed E-state index contributed by atoms with van der Waals surface area (Å²) in [5.41, 5.74) is -0.154. The van der Waals surface area contributed by atoms with Crippen molar-refractivity contribution in [2.24, 2.45) is 0 Å². The van der Waals surface area contributed by atoms with Crippen LogP contribution in [0.25, 0.3) is 0 Å². The average Bonchev–Trinajstić information content (AvgIpc) is 3.02. The van der Waals surface area contributed by atoms with Gasteiger partial charge in [-0.2, -0.15) is 0 Å². The van der Waals surface area contributed by atoms with Crippen molar-refractivity contribution >= 4 is 0 Å². The third-order valence-electron chi connectivity index (χ3n) is 5.62. The summed E-state index contributed by atoms with van der Waals surface area (Å²) in [4.78, 5) is 0. The van der Waals surface area contributed by atoms with E-state index in [1.54, 1.807) is 36.5 Å². The Morgan fingerprint density at radius 2 is 0.744 bits per heavy atom. The average molecular weight is 778 g/mol. The predicted molar refractivity (Wildman–Crippen MR) is 152 cm³/mol. The molecule has 0 aliphatic carbocycles. The summed E-state index contributed by atoms with van der Waals surface area (Å²) in [6.07, 6.45) is 17.5. The number of rotatable bonds is 3. The van der Waals surface area contributed by atoms with Gasteiger partial charge in [0.1, 0.15) is 34.9 Å². The van der Waals surface area contributed by atoms with Gasteiger partial charge in [0.2, 0.25) is 0 Å². The molecular formula is C33H27F6IrN3. The van der Waals surface area contributed by atoms with E-state index in [0.717, 1.165) is 34.1 Å². The number of benzene rings is 3. The van der Waals surface area contributed by atoms with Gasteiger partial charge in [0.05, 0.1) is 22.2 Å². The van der Waals surface area contributed by atoms with Crippen molar-refractivity contribution in [1.29, 1.82) is 0 Å². The third kappa shape index (κ3) is 9.63. The molecule has 0 fully saturated rings. The Morgan fingerprint density at radius 1 is 0.465 bits per heavy atom. The maximum Gasteiger partial charge on any atom is 0.160 e. The Kier molecular flexibility index (Phi) is 9.62. The van der Waals surface area contributed by atoms with E-state index >= 15 is 0 Å². The fourth-order valence-electron chi connectivity index (χ4n) is 3.66. The predicted octanol–water partition coefficient (Wildman–Crippen LogP) is 8.03. The van der Waals surface area contributed by atoms with Gasteiger partial charge in [0.25, 0.3) is 0 Å². The molecule has 3 heterocycles. The van der Waals surface area contributed by atoms with E-state index in [-0.39, 0.29) is 36.8 Å². The second kappa shape index (κ2) is 16.4. The Bertz CT molecular complexity index is 1630. The molecule has 6 rings (SSSR count). The minimum absolute atomic E-state index is 0. The molecule has 3 aliphatic heterocycles. The van der Waals surface area contributed by atoms with Gasteiger partial charge in [0, 0.05) is 55.0 Å². The van der Waals surface area contributed by atoms with Crippen LogP contribution in [0.15, 0.2) is 128 Å². The van der Waals surface area contributed by atoms with Crippen molar-refractivity contribution in [2.75, 3.05) is 0 Å². The molecule has 0 spiro atoms. The first-order valence-corrected chi connectivity index (χ1v) is 12.4. The molecule has 225 valence electrons. The van der Waals surface area contributed by atoms with Crippen LogP contribution in [0.3, 0.4) is 0 Å². The van der Waals surface area contributed by atoms with E-state index in [2.05, 4.69) is 0 Å². The van der Waals surface area contributed by atoms with Gasteiger partial charge in [0.15, 0.2) is 4.24 Å². The summed E-state index contributed by atoms with van der Waals surface area (Å²) in [6, 6.07) is 3.99. The van der Waals surface area contributed by atoms with Crippen LogP contribution in [-0.4, -0.2) is 0 Å². The van der Waals surface area contributed by atoms with E-state index in [4.69, 9.17) is 8.35 Å². The maximum atomic E-state index is 13.5. The summed E-state index contributed by atoms with van der Waals surface area (Å²) in [5.74, 6) is -4.57. The zero-order valence-corrected chi connectivity index (χ0v) is 24.5. The van der Waals surface area contributed by atoms with Crippen molar-refractivity contribution in [1.82, 2.24) is 15.9 Å². The first-order chi connectivity index (χ1) is 22.6. The minimum Gasteiger partial charge on any atom is -0.380 e. The molecular weight excluding hydrogens is 745 g/mol. The zero-order valence-electron chi connectivity index (χ0n) is 28.1. The van der Waals surface area contributed by atoms with Gasteiger partial charge >= 0.3 is 0 Å². The molecule has 3 aromatic rings. The molecule has 3 atom stereocenters. The van der Waals surface area contributed by atoms with Crippen LogP contribution in [0.2, 0.25) is 4.24 Å². The second-order valence-electron chi connectivity index (χ2n) is 8.52. The van der Waals surface area contributed by atoms with Gasteiger partial charge in [-0.25, -0.2) is 26.3 Å². The van der Waals surface area contributed by atoms with Crippen LogP contribution >= 0.6 is 0 Å². The largest absolute Gasteiger partial charge is 0.380 e. The quantitative estimate of drug-likeness (QED) is 0.236. The Labute approximate surface area is 268 Å². The number of hydrogen-bond acceptors (Lipinski definition) is 3. The Hall–Kier alpha value is -4.27. The van der Waals surface area contributed by atoms with E-state index < -0.39 is 53.0 Å². The summed E-state index contributed by atoms with van der Waals surface area (Å²) in [7, 11) is 0. The van der Waals surface area contributed by atoms with Crippen LogP contribution in [0, 0.1) is 34.9 Å². The molecule has 0 amide bonds. The van der Waals surface area contributed by atoms with Gasteiger partial charge in [-0.1, -0.05) is 54.7 Å². The second-order valence-corrected chi connectivity index (χ2v) is 8.52. The van der Waals surface area contributed by atoms with E-state index in [0.29, 0.717) is 18.2 Å². The first-order valence-electron chi connectivity index (χ1n) is 15.3. The monoisotopic (exact) mass is 778 g/mol. The van der Waals surface area contributed by atoms with Gasteiger partial charge < -0.3 is 15.9 Å². The topological polar surface area (TPSA) is 36.1 Å². The Balaban J connectivity index is 0.000000197. The van der Waals surface area contributed by atoms with Crippen LogP contribution in [0.5, 0.6) is 0 Å². The van der Waals surface area contributed by atoms with Crippen molar-refractivity contribution in [3.63, 3.8) is 0 Å². The van der Waals surface area contributed by atoms with Crippen molar-refractivity contribution in [3.05, 3.63) is 179 Å². The van der Waals surface area contributed by atoms with Crippen LogP contribution in [-0.2, 0) is 20.1 Å². The van der Waals surface area contributed by atoms with Crippen molar-refractivity contribution < 1.29 is 54.8 Å². The van der Waals surface area contributed by atoms with Crippen molar-refractivity contribution in [2.45, 2.75) is 18.1 Å². The number of hydrogen-bond donors (Lipinski definition) is 3. The molecule has 10 heteroatoms. The molecule has 3 aromatic carbocycles. The van der Waals surface area contributed by atoms with E-state index in [1.807, 2.05) is 0 Å². The zero-order chi connectivity index (χ0) is 35.3. The molecule has 0 bridgehead atoms. The summed E-state index contributed by atoms with van der Waals surface area (Å²) >= 11 is 0. The fraction of sp³-hybridized carbons (Fsp3) is 0.0909. The Morgan fingerprint density at radius 3 is 0.977 bits per heavy atom. The smallest absolute Gasteiger partial charge is 0.160 e. The maximum absolute atomic E-state index is 13.5. The van der Waals surface area contributed by atoms with Crippen LogP contribution < -0.4 is 15.9 Å². The van der Waals surface area contributed by atoms with Crippen LogP contribution in [0.4, 0.5) is 26.3 Å².